The molecule has 0 saturated carbocycles. The molecule has 0 bridgehead atoms. The zero-order valence-electron chi connectivity index (χ0n) is 7.92. The highest BCUT2D eigenvalue weighted by Crippen LogP contribution is 2.31. The van der Waals surface area contributed by atoms with E-state index in [0.717, 1.165) is 6.07 Å². The number of nitrogens with two attached hydrogens (primary N) is 3. The lowest BCUT2D eigenvalue weighted by Crippen LogP contribution is -2.26. The number of hydrogen-bond donors (Lipinski definition) is 3. The maximum Gasteiger partial charge on any atom is 0.223 e. The van der Waals surface area contributed by atoms with E-state index in [4.69, 9.17) is 40.4 Å². The number of nitrogens with zero attached hydrogens (tertiary/aromatic N) is 2. The molecular weight excluding hydrogens is 256 g/mol. The number of halogens is 3. The topological polar surface area (TPSA) is 103 Å². The van der Waals surface area contributed by atoms with E-state index >= 15 is 0 Å². The van der Waals surface area contributed by atoms with Crippen LogP contribution in [0.2, 0.25) is 10.0 Å². The molecule has 0 saturated heterocycles. The Labute approximate surface area is 101 Å². The molecule has 1 aromatic carbocycles. The first kappa shape index (κ1) is 12.5. The van der Waals surface area contributed by atoms with Gasteiger partial charge in [0.05, 0.1) is 5.02 Å². The van der Waals surface area contributed by atoms with Gasteiger partial charge in [-0.05, 0) is 12.1 Å². The summed E-state index contributed by atoms with van der Waals surface area (Å²) < 4.78 is 13.4. The summed E-state index contributed by atoms with van der Waals surface area (Å²) in [5.74, 6) is -1.30. The lowest BCUT2D eigenvalue weighted by atomic mass is 10.3. The Bertz CT molecular complexity index is 444. The van der Waals surface area contributed by atoms with E-state index < -0.39 is 5.82 Å². The Kier molecular flexibility index (Phi) is 3.92. The van der Waals surface area contributed by atoms with Crippen molar-refractivity contribution in [2.45, 2.75) is 0 Å². The number of rotatable bonds is 1. The Morgan fingerprint density at radius 2 is 1.81 bits per heavy atom. The fourth-order valence-electron chi connectivity index (χ4n) is 0.913. The highest BCUT2D eigenvalue weighted by Gasteiger charge is 2.08. The fourth-order valence-corrected chi connectivity index (χ4v) is 1.42. The second-order valence-corrected chi connectivity index (χ2v) is 3.57. The van der Waals surface area contributed by atoms with Crippen molar-refractivity contribution in [2.24, 2.45) is 27.2 Å². The molecule has 1 rings (SSSR count). The molecule has 0 fully saturated rings. The van der Waals surface area contributed by atoms with Gasteiger partial charge in [0.15, 0.2) is 11.8 Å². The summed E-state index contributed by atoms with van der Waals surface area (Å²) in [6.07, 6.45) is 0. The summed E-state index contributed by atoms with van der Waals surface area (Å²) in [7, 11) is 0. The molecule has 8 heteroatoms. The van der Waals surface area contributed by atoms with E-state index in [0.29, 0.717) is 0 Å². The molecule has 86 valence electrons. The number of guanidine groups is 2. The summed E-state index contributed by atoms with van der Waals surface area (Å²) >= 11 is 11.3. The Morgan fingerprint density at radius 1 is 1.19 bits per heavy atom. The summed E-state index contributed by atoms with van der Waals surface area (Å²) in [4.78, 5) is 7.04. The molecule has 0 radical (unpaired) electrons. The average Bonchev–Trinajstić information content (AvgIpc) is 2.09. The second-order valence-electron chi connectivity index (χ2n) is 2.72. The van der Waals surface area contributed by atoms with Gasteiger partial charge in [-0.2, -0.15) is 4.99 Å². The minimum absolute atomic E-state index is 0.0127. The van der Waals surface area contributed by atoms with E-state index in [1.165, 1.54) is 6.07 Å². The standard InChI is InChI=1S/C8H8Cl2FN5/c9-3-1-4(10)6(5(11)2-3)15-8(14)16-7(12)13/h1-2H,(H6,12,13,14,15,16). The molecule has 0 aliphatic rings. The quantitative estimate of drug-likeness (QED) is 0.526. The summed E-state index contributed by atoms with van der Waals surface area (Å²) in [5.41, 5.74) is 15.3. The van der Waals surface area contributed by atoms with Crippen molar-refractivity contribution in [3.8, 4) is 0 Å². The lowest BCUT2D eigenvalue weighted by Gasteiger charge is -2.01. The maximum absolute atomic E-state index is 13.4. The van der Waals surface area contributed by atoms with Crippen LogP contribution in [0.3, 0.4) is 0 Å². The molecule has 6 N–H and O–H groups in total. The zero-order valence-corrected chi connectivity index (χ0v) is 9.43. The van der Waals surface area contributed by atoms with Crippen LogP contribution in [0.5, 0.6) is 0 Å². The average molecular weight is 264 g/mol. The minimum atomic E-state index is -0.716. The molecule has 16 heavy (non-hydrogen) atoms. The Morgan fingerprint density at radius 3 is 2.31 bits per heavy atom. The predicted molar refractivity (Wildman–Crippen MR) is 63.5 cm³/mol. The van der Waals surface area contributed by atoms with E-state index in [-0.39, 0.29) is 27.7 Å². The highest BCUT2D eigenvalue weighted by molar-refractivity contribution is 6.36. The third kappa shape index (κ3) is 3.25. The smallest absolute Gasteiger partial charge is 0.223 e. The van der Waals surface area contributed by atoms with Crippen LogP contribution in [-0.2, 0) is 0 Å². The molecule has 0 heterocycles. The molecule has 0 aliphatic carbocycles. The SMILES string of the molecule is NC(N)=NC(N)=Nc1c(F)cc(Cl)cc1Cl. The molecule has 0 spiro atoms. The van der Waals surface area contributed by atoms with Gasteiger partial charge in [-0.1, -0.05) is 23.2 Å². The molecular formula is C8H8Cl2FN5. The zero-order chi connectivity index (χ0) is 12.3. The van der Waals surface area contributed by atoms with Crippen LogP contribution < -0.4 is 17.2 Å². The first-order valence-corrected chi connectivity index (χ1v) is 4.74. The third-order valence-electron chi connectivity index (χ3n) is 1.45. The van der Waals surface area contributed by atoms with Crippen LogP contribution in [0.25, 0.3) is 0 Å². The van der Waals surface area contributed by atoms with Crippen LogP contribution in [0, 0.1) is 5.82 Å². The van der Waals surface area contributed by atoms with Crippen molar-refractivity contribution in [1.29, 1.82) is 0 Å². The van der Waals surface area contributed by atoms with Gasteiger partial charge >= 0.3 is 0 Å². The monoisotopic (exact) mass is 263 g/mol. The Hall–Kier alpha value is -1.53. The first-order chi connectivity index (χ1) is 7.40. The number of hydrogen-bond acceptors (Lipinski definition) is 1. The van der Waals surface area contributed by atoms with Crippen molar-refractivity contribution >= 4 is 40.8 Å². The largest absolute Gasteiger partial charge is 0.370 e. The molecule has 0 atom stereocenters. The van der Waals surface area contributed by atoms with E-state index in [1.807, 2.05) is 0 Å². The summed E-state index contributed by atoms with van der Waals surface area (Å²) in [5, 5.41) is 0.167. The second kappa shape index (κ2) is 5.00. The molecule has 0 unspecified atom stereocenters. The normalized spacial score (nSPS) is 11.3. The van der Waals surface area contributed by atoms with Crippen molar-refractivity contribution in [3.05, 3.63) is 28.0 Å². The maximum atomic E-state index is 13.4. The van der Waals surface area contributed by atoms with Gasteiger partial charge in [0.1, 0.15) is 5.69 Å². The molecule has 0 aromatic heterocycles. The van der Waals surface area contributed by atoms with E-state index in [9.17, 15) is 4.39 Å². The van der Waals surface area contributed by atoms with Gasteiger partial charge < -0.3 is 17.2 Å². The van der Waals surface area contributed by atoms with Crippen LogP contribution in [0.4, 0.5) is 10.1 Å². The van der Waals surface area contributed by atoms with Crippen molar-refractivity contribution in [2.75, 3.05) is 0 Å². The van der Waals surface area contributed by atoms with Crippen LogP contribution in [-0.4, -0.2) is 11.9 Å². The van der Waals surface area contributed by atoms with Gasteiger partial charge in [0, 0.05) is 5.02 Å². The lowest BCUT2D eigenvalue weighted by molar-refractivity contribution is 0.630. The molecule has 1 aromatic rings. The van der Waals surface area contributed by atoms with Crippen molar-refractivity contribution < 1.29 is 4.39 Å². The molecule has 0 amide bonds. The number of aliphatic imine (C=N–C) groups is 2. The van der Waals surface area contributed by atoms with E-state index in [2.05, 4.69) is 9.98 Å². The minimum Gasteiger partial charge on any atom is -0.370 e. The van der Waals surface area contributed by atoms with Gasteiger partial charge in [-0.3, -0.25) is 0 Å². The molecule has 0 aliphatic heterocycles. The fraction of sp³-hybridized carbons (Fsp3) is 0. The van der Waals surface area contributed by atoms with Crippen molar-refractivity contribution in [3.63, 3.8) is 0 Å². The molecule has 5 nitrogen and oxygen atoms in total. The third-order valence-corrected chi connectivity index (χ3v) is 1.96. The highest BCUT2D eigenvalue weighted by atomic mass is 35.5. The van der Waals surface area contributed by atoms with Crippen molar-refractivity contribution in [1.82, 2.24) is 0 Å². The van der Waals surface area contributed by atoms with Crippen LogP contribution in [0.1, 0.15) is 0 Å². The Balaban J connectivity index is 3.20. The summed E-state index contributed by atoms with van der Waals surface area (Å²) in [6, 6.07) is 2.38. The van der Waals surface area contributed by atoms with Crippen LogP contribution >= 0.6 is 23.2 Å². The van der Waals surface area contributed by atoms with Gasteiger partial charge in [-0.25, -0.2) is 9.38 Å². The van der Waals surface area contributed by atoms with Gasteiger partial charge in [0.25, 0.3) is 0 Å². The first-order valence-electron chi connectivity index (χ1n) is 3.98. The predicted octanol–water partition coefficient (Wildman–Crippen LogP) is 1.35. The van der Waals surface area contributed by atoms with Gasteiger partial charge in [-0.15, -0.1) is 0 Å². The van der Waals surface area contributed by atoms with Crippen LogP contribution in [0.15, 0.2) is 22.1 Å². The summed E-state index contributed by atoms with van der Waals surface area (Å²) in [6.45, 7) is 0. The van der Waals surface area contributed by atoms with E-state index in [1.54, 1.807) is 0 Å². The van der Waals surface area contributed by atoms with Gasteiger partial charge in [0.2, 0.25) is 5.96 Å². The number of benzene rings is 1.